The summed E-state index contributed by atoms with van der Waals surface area (Å²) in [4.78, 5) is 29.4. The molecule has 4 aromatic rings. The number of ether oxygens (including phenoxy) is 2. The first-order chi connectivity index (χ1) is 24.5. The molecule has 3 amide bonds. The first kappa shape index (κ1) is 37.8. The highest BCUT2D eigenvalue weighted by atomic mass is 32.2. The molecule has 4 atom stereocenters. The summed E-state index contributed by atoms with van der Waals surface area (Å²) in [6.45, 7) is 5.95. The van der Waals surface area contributed by atoms with Gasteiger partial charge in [-0.3, -0.25) is 4.79 Å². The molecule has 0 aliphatic carbocycles. The molecule has 12 heteroatoms. The largest absolute Gasteiger partial charge is 0.490 e. The van der Waals surface area contributed by atoms with Crippen LogP contribution in [0.2, 0.25) is 0 Å². The van der Waals surface area contributed by atoms with Gasteiger partial charge in [0.05, 0.1) is 41.0 Å². The highest BCUT2D eigenvalue weighted by molar-refractivity contribution is 7.89. The Labute approximate surface area is 300 Å². The molecule has 0 radical (unpaired) electrons. The van der Waals surface area contributed by atoms with Gasteiger partial charge in [-0.25, -0.2) is 13.2 Å². The van der Waals surface area contributed by atoms with Gasteiger partial charge in [0.1, 0.15) is 5.75 Å². The summed E-state index contributed by atoms with van der Waals surface area (Å²) in [5.41, 5.74) is 1.26. The fraction of sp³-hybridized carbons (Fsp3) is 0.385. The minimum atomic E-state index is -3.78. The topological polar surface area (TPSA) is 138 Å². The van der Waals surface area contributed by atoms with Crippen LogP contribution in [-0.2, 0) is 14.8 Å². The standard InChI is InChI=1S/C39H48N4O7S/c1-27-24-43(28(2)26-44)38(45)34-23-31(40-39(46)41-35-19-12-15-30-14-8-9-18-33(30)35)20-21-36(34)50-29(3)13-10-11-22-49-37(27)25-42(4)51(47,48)32-16-6-5-7-17-32/h5-9,12,14-21,23,27-29,37,44H,10-11,13,22,24-26H2,1-4H3,(H2,40,41,46)/t27-,28-,29-,37+/m1/s1. The van der Waals surface area contributed by atoms with E-state index < -0.39 is 34.1 Å². The molecule has 1 heterocycles. The summed E-state index contributed by atoms with van der Waals surface area (Å²) in [7, 11) is -2.25. The predicted octanol–water partition coefficient (Wildman–Crippen LogP) is 6.60. The molecule has 3 N–H and O–H groups in total. The molecule has 5 rings (SSSR count). The second kappa shape index (κ2) is 17.1. The fourth-order valence-corrected chi connectivity index (χ4v) is 7.41. The van der Waals surface area contributed by atoms with E-state index in [2.05, 4.69) is 10.6 Å². The lowest BCUT2D eigenvalue weighted by atomic mass is 10.0. The first-order valence-corrected chi connectivity index (χ1v) is 18.8. The van der Waals surface area contributed by atoms with Gasteiger partial charge in [-0.05, 0) is 74.9 Å². The number of rotatable bonds is 8. The molecular weight excluding hydrogens is 669 g/mol. The van der Waals surface area contributed by atoms with Crippen LogP contribution in [0.25, 0.3) is 10.8 Å². The molecule has 51 heavy (non-hydrogen) atoms. The molecule has 0 bridgehead atoms. The van der Waals surface area contributed by atoms with Crippen LogP contribution < -0.4 is 15.4 Å². The quantitative estimate of drug-likeness (QED) is 0.187. The number of fused-ring (bicyclic) bond motifs is 2. The van der Waals surface area contributed by atoms with Crippen LogP contribution in [0.4, 0.5) is 16.2 Å². The zero-order chi connectivity index (χ0) is 36.5. The Balaban J connectivity index is 1.42. The molecule has 0 aromatic heterocycles. The minimum Gasteiger partial charge on any atom is -0.490 e. The summed E-state index contributed by atoms with van der Waals surface area (Å²) in [6, 6.07) is 25.6. The van der Waals surface area contributed by atoms with Crippen LogP contribution in [0.3, 0.4) is 0 Å². The van der Waals surface area contributed by atoms with E-state index in [0.29, 0.717) is 30.2 Å². The summed E-state index contributed by atoms with van der Waals surface area (Å²) in [5.74, 6) is -0.353. The third kappa shape index (κ3) is 9.44. The lowest BCUT2D eigenvalue weighted by molar-refractivity contribution is -0.00833. The van der Waals surface area contributed by atoms with Crippen molar-refractivity contribution in [3.8, 4) is 5.75 Å². The Morgan fingerprint density at radius 3 is 2.47 bits per heavy atom. The van der Waals surface area contributed by atoms with E-state index in [-0.39, 0.29) is 42.2 Å². The maximum Gasteiger partial charge on any atom is 0.323 e. The van der Waals surface area contributed by atoms with E-state index in [1.54, 1.807) is 60.4 Å². The zero-order valence-corrected chi connectivity index (χ0v) is 30.4. The van der Waals surface area contributed by atoms with E-state index >= 15 is 0 Å². The van der Waals surface area contributed by atoms with E-state index in [9.17, 15) is 23.1 Å². The van der Waals surface area contributed by atoms with E-state index in [1.807, 2.05) is 56.3 Å². The first-order valence-electron chi connectivity index (χ1n) is 17.4. The molecule has 1 aliphatic heterocycles. The van der Waals surface area contributed by atoms with Crippen LogP contribution in [0.1, 0.15) is 50.4 Å². The SMILES string of the molecule is C[C@@H]1CCCCO[C@@H](CN(C)S(=O)(=O)c2ccccc2)[C@H](C)CN([C@H](C)CO)C(=O)c2cc(NC(=O)Nc3cccc4ccccc34)ccc2O1. The summed E-state index contributed by atoms with van der Waals surface area (Å²) >= 11 is 0. The van der Waals surface area contributed by atoms with Crippen LogP contribution in [-0.4, -0.2) is 86.3 Å². The number of benzene rings is 4. The highest BCUT2D eigenvalue weighted by Gasteiger charge is 2.32. The van der Waals surface area contributed by atoms with E-state index in [4.69, 9.17) is 9.47 Å². The monoisotopic (exact) mass is 716 g/mol. The van der Waals surface area contributed by atoms with Gasteiger partial charge in [0.15, 0.2) is 0 Å². The molecule has 4 aromatic carbocycles. The molecule has 0 unspecified atom stereocenters. The average molecular weight is 717 g/mol. The van der Waals surface area contributed by atoms with Crippen LogP contribution in [0, 0.1) is 5.92 Å². The lowest BCUT2D eigenvalue weighted by Gasteiger charge is -2.35. The van der Waals surface area contributed by atoms with E-state index in [0.717, 1.165) is 23.6 Å². The number of hydrogen-bond acceptors (Lipinski definition) is 7. The third-order valence-electron chi connectivity index (χ3n) is 9.24. The third-order valence-corrected chi connectivity index (χ3v) is 11.1. The Morgan fingerprint density at radius 2 is 1.71 bits per heavy atom. The van der Waals surface area contributed by atoms with Gasteiger partial charge in [0.25, 0.3) is 5.91 Å². The van der Waals surface area contributed by atoms with Crippen molar-refractivity contribution in [1.82, 2.24) is 9.21 Å². The molecular formula is C39H48N4O7S. The Kier molecular flexibility index (Phi) is 12.7. The summed E-state index contributed by atoms with van der Waals surface area (Å²) in [5, 5.41) is 17.9. The summed E-state index contributed by atoms with van der Waals surface area (Å²) in [6.07, 6.45) is 1.46. The molecule has 0 saturated heterocycles. The number of nitrogens with one attached hydrogen (secondary N) is 2. The fourth-order valence-electron chi connectivity index (χ4n) is 6.21. The smallest absolute Gasteiger partial charge is 0.323 e. The molecule has 0 spiro atoms. The van der Waals surface area contributed by atoms with Crippen LogP contribution in [0.15, 0.2) is 95.9 Å². The van der Waals surface area contributed by atoms with Gasteiger partial charge in [-0.2, -0.15) is 4.31 Å². The second-order valence-corrected chi connectivity index (χ2v) is 15.3. The van der Waals surface area contributed by atoms with Crippen molar-refractivity contribution in [1.29, 1.82) is 0 Å². The Morgan fingerprint density at radius 1 is 0.980 bits per heavy atom. The number of likely N-dealkylation sites (N-methyl/N-ethyl adjacent to an activating group) is 1. The van der Waals surface area contributed by atoms with Crippen molar-refractivity contribution in [2.24, 2.45) is 5.92 Å². The average Bonchev–Trinajstić information content (AvgIpc) is 3.13. The number of hydrogen-bond donors (Lipinski definition) is 3. The predicted molar refractivity (Wildman–Crippen MR) is 200 cm³/mol. The van der Waals surface area contributed by atoms with Crippen molar-refractivity contribution < 1.29 is 32.6 Å². The maximum absolute atomic E-state index is 14.5. The van der Waals surface area contributed by atoms with Gasteiger partial charge in [-0.1, -0.05) is 61.5 Å². The van der Waals surface area contributed by atoms with Crippen molar-refractivity contribution in [3.05, 3.63) is 96.6 Å². The van der Waals surface area contributed by atoms with Crippen molar-refractivity contribution in [2.75, 3.05) is 44.0 Å². The molecule has 272 valence electrons. The van der Waals surface area contributed by atoms with Gasteiger partial charge in [0, 0.05) is 43.7 Å². The Hall–Kier alpha value is -4.49. The molecule has 1 aliphatic rings. The number of urea groups is 1. The molecule has 0 fully saturated rings. The Bertz CT molecular complexity index is 1900. The van der Waals surface area contributed by atoms with E-state index in [1.165, 1.54) is 11.4 Å². The second-order valence-electron chi connectivity index (χ2n) is 13.2. The van der Waals surface area contributed by atoms with Gasteiger partial charge >= 0.3 is 6.03 Å². The zero-order valence-electron chi connectivity index (χ0n) is 29.6. The van der Waals surface area contributed by atoms with Gasteiger partial charge in [-0.15, -0.1) is 0 Å². The van der Waals surface area contributed by atoms with Crippen molar-refractivity contribution >= 4 is 44.1 Å². The number of carbonyl (C=O) groups is 2. The number of nitrogens with zero attached hydrogens (tertiary/aromatic N) is 2. The number of carbonyl (C=O) groups excluding carboxylic acids is 2. The highest BCUT2D eigenvalue weighted by Crippen LogP contribution is 2.29. The van der Waals surface area contributed by atoms with Crippen LogP contribution >= 0.6 is 0 Å². The molecule has 11 nitrogen and oxygen atoms in total. The number of anilines is 2. The number of sulfonamides is 1. The number of amides is 3. The lowest BCUT2D eigenvalue weighted by Crippen LogP contribution is -2.48. The summed E-state index contributed by atoms with van der Waals surface area (Å²) < 4.78 is 40.8. The number of aliphatic hydroxyl groups is 1. The van der Waals surface area contributed by atoms with Gasteiger partial charge in [0.2, 0.25) is 10.0 Å². The number of aliphatic hydroxyl groups excluding tert-OH is 1. The van der Waals surface area contributed by atoms with Crippen molar-refractivity contribution in [3.63, 3.8) is 0 Å². The van der Waals surface area contributed by atoms with Crippen molar-refractivity contribution in [2.45, 2.75) is 63.2 Å². The maximum atomic E-state index is 14.5. The minimum absolute atomic E-state index is 0.0733. The molecule has 0 saturated carbocycles. The van der Waals surface area contributed by atoms with Gasteiger partial charge < -0.3 is 30.1 Å². The normalized spacial score (nSPS) is 19.8. The van der Waals surface area contributed by atoms with Crippen LogP contribution in [0.5, 0.6) is 5.75 Å².